The highest BCUT2D eigenvalue weighted by molar-refractivity contribution is 6.09. The molecule has 1 aliphatic heterocycles. The molecule has 5 aromatic rings. The second kappa shape index (κ2) is 6.32. The van der Waals surface area contributed by atoms with Crippen molar-refractivity contribution >= 4 is 44.9 Å². The van der Waals surface area contributed by atoms with E-state index in [9.17, 15) is 0 Å². The first-order valence-corrected chi connectivity index (χ1v) is 10.0. The van der Waals surface area contributed by atoms with E-state index in [1.165, 1.54) is 5.56 Å². The van der Waals surface area contributed by atoms with Gasteiger partial charge in [0.05, 0.1) is 11.4 Å². The van der Waals surface area contributed by atoms with Gasteiger partial charge in [0, 0.05) is 28.4 Å². The number of aryl methyl sites for hydroxylation is 2. The quantitative estimate of drug-likeness (QED) is 0.356. The van der Waals surface area contributed by atoms with Crippen LogP contribution in [0.4, 0.5) is 22.9 Å². The molecular weight excluding hydrogens is 372 g/mol. The first-order chi connectivity index (χ1) is 14.7. The van der Waals surface area contributed by atoms with E-state index in [1.54, 1.807) is 0 Å². The molecule has 0 saturated heterocycles. The van der Waals surface area contributed by atoms with Gasteiger partial charge in [-0.1, -0.05) is 24.3 Å². The van der Waals surface area contributed by atoms with E-state index in [0.717, 1.165) is 44.9 Å². The van der Waals surface area contributed by atoms with Crippen molar-refractivity contribution in [2.45, 2.75) is 13.8 Å². The van der Waals surface area contributed by atoms with Crippen molar-refractivity contribution in [2.24, 2.45) is 0 Å². The van der Waals surface area contributed by atoms with Crippen LogP contribution in [0.5, 0.6) is 0 Å². The van der Waals surface area contributed by atoms with Gasteiger partial charge in [0.1, 0.15) is 6.67 Å². The second-order valence-electron chi connectivity index (χ2n) is 7.74. The number of pyridine rings is 2. The van der Waals surface area contributed by atoms with Crippen LogP contribution in [0, 0.1) is 13.8 Å². The molecule has 0 N–H and O–H groups in total. The molecule has 0 unspecified atom stereocenters. The Morgan fingerprint density at radius 1 is 0.833 bits per heavy atom. The fourth-order valence-corrected chi connectivity index (χ4v) is 4.27. The summed E-state index contributed by atoms with van der Waals surface area (Å²) in [7, 11) is 0. The molecule has 3 aromatic heterocycles. The van der Waals surface area contributed by atoms with Crippen molar-refractivity contribution in [1.29, 1.82) is 0 Å². The van der Waals surface area contributed by atoms with Crippen LogP contribution in [-0.2, 0) is 0 Å². The van der Waals surface area contributed by atoms with Crippen molar-refractivity contribution in [2.75, 3.05) is 16.5 Å². The van der Waals surface area contributed by atoms with Gasteiger partial charge < -0.3 is 14.2 Å². The number of fused-ring (bicyclic) bond motifs is 4. The first kappa shape index (κ1) is 17.0. The molecule has 0 aliphatic carbocycles. The van der Waals surface area contributed by atoms with Gasteiger partial charge >= 0.3 is 0 Å². The fraction of sp³-hybridized carbons (Fsp3) is 0.120. The van der Waals surface area contributed by atoms with Crippen molar-refractivity contribution in [3.8, 4) is 0 Å². The van der Waals surface area contributed by atoms with E-state index in [2.05, 4.69) is 76.3 Å². The van der Waals surface area contributed by atoms with Gasteiger partial charge in [-0.25, -0.2) is 9.97 Å². The molecule has 0 bridgehead atoms. The zero-order valence-electron chi connectivity index (χ0n) is 16.8. The predicted molar refractivity (Wildman–Crippen MR) is 121 cm³/mol. The van der Waals surface area contributed by atoms with Crippen LogP contribution >= 0.6 is 0 Å². The molecule has 146 valence electrons. The van der Waals surface area contributed by atoms with Crippen molar-refractivity contribution in [3.63, 3.8) is 0 Å². The number of hydrogen-bond donors (Lipinski definition) is 0. The van der Waals surface area contributed by atoms with Crippen LogP contribution in [0.25, 0.3) is 22.1 Å². The van der Waals surface area contributed by atoms with Crippen LogP contribution in [0.3, 0.4) is 0 Å². The number of furan rings is 1. The highest BCUT2D eigenvalue weighted by atomic mass is 16.3. The highest BCUT2D eigenvalue weighted by Gasteiger charge is 2.31. The Morgan fingerprint density at radius 2 is 1.70 bits per heavy atom. The van der Waals surface area contributed by atoms with Gasteiger partial charge in [0.2, 0.25) is 5.71 Å². The van der Waals surface area contributed by atoms with E-state index in [1.807, 2.05) is 25.3 Å². The second-order valence-corrected chi connectivity index (χ2v) is 7.74. The Hall–Kier alpha value is -3.86. The van der Waals surface area contributed by atoms with Crippen LogP contribution in [0.1, 0.15) is 11.3 Å². The third-order valence-corrected chi connectivity index (χ3v) is 5.68. The third kappa shape index (κ3) is 2.48. The predicted octanol–water partition coefficient (Wildman–Crippen LogP) is 6.24. The summed E-state index contributed by atoms with van der Waals surface area (Å²) in [5, 5.41) is 2.11. The third-order valence-electron chi connectivity index (χ3n) is 5.68. The Bertz CT molecular complexity index is 1420. The molecule has 30 heavy (non-hydrogen) atoms. The molecule has 5 heteroatoms. The molecule has 0 radical (unpaired) electrons. The standard InChI is InChI=1S/C25H20N4O/c1-16-6-3-7-18(14-16)28-15-29(24-22(28)10-5-13-26-24)21-9-4-8-19-20-12-11-17(2)27-25(20)30-23(19)21/h3-14H,15H2,1-2H3. The maximum Gasteiger partial charge on any atom is 0.227 e. The maximum absolute atomic E-state index is 6.25. The Balaban J connectivity index is 1.54. The van der Waals surface area contributed by atoms with Crippen LogP contribution in [-0.4, -0.2) is 16.6 Å². The minimum Gasteiger partial charge on any atom is -0.435 e. The van der Waals surface area contributed by atoms with E-state index in [0.29, 0.717) is 12.4 Å². The zero-order chi connectivity index (χ0) is 20.2. The van der Waals surface area contributed by atoms with Gasteiger partial charge in [0.15, 0.2) is 11.4 Å². The van der Waals surface area contributed by atoms with E-state index in [-0.39, 0.29) is 0 Å². The van der Waals surface area contributed by atoms with Crippen molar-refractivity contribution in [3.05, 3.63) is 84.2 Å². The summed E-state index contributed by atoms with van der Waals surface area (Å²) in [5.41, 5.74) is 6.94. The molecule has 0 spiro atoms. The largest absolute Gasteiger partial charge is 0.435 e. The lowest BCUT2D eigenvalue weighted by Crippen LogP contribution is -2.24. The Labute approximate surface area is 174 Å². The van der Waals surface area contributed by atoms with Gasteiger partial charge in [-0.3, -0.25) is 0 Å². The van der Waals surface area contributed by atoms with Crippen molar-refractivity contribution < 1.29 is 4.42 Å². The van der Waals surface area contributed by atoms with E-state index >= 15 is 0 Å². The van der Waals surface area contributed by atoms with Crippen LogP contribution in [0.15, 0.2) is 77.3 Å². The first-order valence-electron chi connectivity index (χ1n) is 10.0. The monoisotopic (exact) mass is 392 g/mol. The lowest BCUT2D eigenvalue weighted by atomic mass is 10.1. The summed E-state index contributed by atoms with van der Waals surface area (Å²) in [6, 6.07) is 23.0. The molecule has 5 nitrogen and oxygen atoms in total. The zero-order valence-corrected chi connectivity index (χ0v) is 16.8. The maximum atomic E-state index is 6.25. The molecule has 0 atom stereocenters. The SMILES string of the molecule is Cc1cccc(N2CN(c3cccc4c3oc3nc(C)ccc34)c3ncccc32)c1. The Morgan fingerprint density at radius 3 is 2.60 bits per heavy atom. The minimum atomic E-state index is 0.665. The topological polar surface area (TPSA) is 45.4 Å². The molecule has 6 rings (SSSR count). The number of anilines is 4. The highest BCUT2D eigenvalue weighted by Crippen LogP contribution is 2.45. The number of aromatic nitrogens is 2. The number of para-hydroxylation sites is 1. The lowest BCUT2D eigenvalue weighted by Gasteiger charge is -2.21. The molecule has 0 saturated carbocycles. The molecule has 4 heterocycles. The number of rotatable bonds is 2. The molecular formula is C25H20N4O. The van der Waals surface area contributed by atoms with Crippen LogP contribution in [0.2, 0.25) is 0 Å². The molecule has 1 aliphatic rings. The summed E-state index contributed by atoms with van der Waals surface area (Å²) < 4.78 is 6.25. The average Bonchev–Trinajstić information content (AvgIpc) is 3.32. The minimum absolute atomic E-state index is 0.665. The summed E-state index contributed by atoms with van der Waals surface area (Å²) in [6.45, 7) is 4.76. The summed E-state index contributed by atoms with van der Waals surface area (Å²) in [4.78, 5) is 13.8. The smallest absolute Gasteiger partial charge is 0.227 e. The summed E-state index contributed by atoms with van der Waals surface area (Å²) >= 11 is 0. The van der Waals surface area contributed by atoms with Gasteiger partial charge in [-0.2, -0.15) is 0 Å². The number of benzene rings is 2. The summed E-state index contributed by atoms with van der Waals surface area (Å²) in [5.74, 6) is 0.927. The van der Waals surface area contributed by atoms with E-state index < -0.39 is 0 Å². The van der Waals surface area contributed by atoms with Crippen molar-refractivity contribution in [1.82, 2.24) is 9.97 Å². The average molecular weight is 392 g/mol. The van der Waals surface area contributed by atoms with E-state index in [4.69, 9.17) is 9.40 Å². The summed E-state index contributed by atoms with van der Waals surface area (Å²) in [6.07, 6.45) is 1.84. The lowest BCUT2D eigenvalue weighted by molar-refractivity contribution is 0.652. The van der Waals surface area contributed by atoms with Gasteiger partial charge in [0.25, 0.3) is 0 Å². The fourth-order valence-electron chi connectivity index (χ4n) is 4.27. The number of hydrogen-bond acceptors (Lipinski definition) is 5. The molecule has 0 fully saturated rings. The van der Waals surface area contributed by atoms with Crippen LogP contribution < -0.4 is 9.80 Å². The molecule has 2 aromatic carbocycles. The molecule has 0 amide bonds. The number of nitrogens with zero attached hydrogens (tertiary/aromatic N) is 4. The van der Waals surface area contributed by atoms with Gasteiger partial charge in [-0.15, -0.1) is 0 Å². The Kier molecular flexibility index (Phi) is 3.59. The van der Waals surface area contributed by atoms with Gasteiger partial charge in [-0.05, 0) is 61.9 Å². The normalized spacial score (nSPS) is 13.4.